The Hall–Kier alpha value is -2.04. The average Bonchev–Trinajstić information content (AvgIpc) is 2.67. The van der Waals surface area contributed by atoms with Gasteiger partial charge in [0.25, 0.3) is 0 Å². The van der Waals surface area contributed by atoms with Crippen LogP contribution in [0.5, 0.6) is 0 Å². The highest BCUT2D eigenvalue weighted by Gasteiger charge is 2.29. The molecule has 1 heterocycles. The molecular formula is C21H33N3O2. The minimum atomic E-state index is -0.00440. The number of hydrogen-bond acceptors (Lipinski definition) is 2. The summed E-state index contributed by atoms with van der Waals surface area (Å²) < 4.78 is 0. The normalized spacial score (nSPS) is 16.2. The van der Waals surface area contributed by atoms with Gasteiger partial charge in [-0.15, -0.1) is 0 Å². The van der Waals surface area contributed by atoms with E-state index in [1.165, 1.54) is 5.56 Å². The van der Waals surface area contributed by atoms with E-state index in [2.05, 4.69) is 43.4 Å². The summed E-state index contributed by atoms with van der Waals surface area (Å²) in [7, 11) is 0. The molecule has 1 aliphatic heterocycles. The highest BCUT2D eigenvalue weighted by atomic mass is 16.2. The van der Waals surface area contributed by atoms with Crippen molar-refractivity contribution >= 4 is 11.9 Å². The Bertz CT molecular complexity index is 588. The monoisotopic (exact) mass is 359 g/mol. The zero-order valence-electron chi connectivity index (χ0n) is 16.6. The molecule has 26 heavy (non-hydrogen) atoms. The van der Waals surface area contributed by atoms with Crippen molar-refractivity contribution < 1.29 is 9.59 Å². The lowest BCUT2D eigenvalue weighted by Gasteiger charge is -2.35. The minimum absolute atomic E-state index is 0.00440. The van der Waals surface area contributed by atoms with Crippen LogP contribution in [0.4, 0.5) is 4.79 Å². The second-order valence-electron chi connectivity index (χ2n) is 7.10. The van der Waals surface area contributed by atoms with Crippen LogP contribution >= 0.6 is 0 Å². The summed E-state index contributed by atoms with van der Waals surface area (Å²) in [4.78, 5) is 28.9. The van der Waals surface area contributed by atoms with Crippen molar-refractivity contribution in [3.63, 3.8) is 0 Å². The fourth-order valence-electron chi connectivity index (χ4n) is 3.54. The van der Waals surface area contributed by atoms with E-state index < -0.39 is 0 Å². The lowest BCUT2D eigenvalue weighted by atomic mass is 9.94. The summed E-state index contributed by atoms with van der Waals surface area (Å²) in [5, 5.41) is 3.21. The number of likely N-dealkylation sites (tertiary alicyclic amines) is 1. The third-order valence-electron chi connectivity index (χ3n) is 5.37. The molecule has 0 radical (unpaired) electrons. The van der Waals surface area contributed by atoms with Gasteiger partial charge in [0.05, 0.1) is 6.04 Å². The fourth-order valence-corrected chi connectivity index (χ4v) is 3.54. The molecule has 1 aromatic rings. The van der Waals surface area contributed by atoms with Crippen LogP contribution in [0, 0.1) is 12.8 Å². The molecule has 144 valence electrons. The maximum absolute atomic E-state index is 12.7. The molecular weight excluding hydrogens is 326 g/mol. The number of nitrogens with zero attached hydrogens (tertiary/aromatic N) is 2. The van der Waals surface area contributed by atoms with Crippen LogP contribution in [-0.4, -0.2) is 47.9 Å². The lowest BCUT2D eigenvalue weighted by molar-refractivity contribution is -0.127. The molecule has 0 bridgehead atoms. The first-order valence-corrected chi connectivity index (χ1v) is 9.90. The van der Waals surface area contributed by atoms with Gasteiger partial charge < -0.3 is 15.1 Å². The molecule has 1 aliphatic rings. The number of carbonyl (C=O) groups excluding carboxylic acids is 2. The first-order chi connectivity index (χ1) is 12.5. The Labute approximate surface area is 157 Å². The molecule has 1 saturated heterocycles. The Morgan fingerprint density at radius 1 is 1.12 bits per heavy atom. The van der Waals surface area contributed by atoms with Crippen molar-refractivity contribution in [3.05, 3.63) is 35.4 Å². The zero-order valence-corrected chi connectivity index (χ0v) is 16.6. The van der Waals surface area contributed by atoms with E-state index in [0.717, 1.165) is 37.9 Å². The van der Waals surface area contributed by atoms with Gasteiger partial charge in [0.2, 0.25) is 5.91 Å². The van der Waals surface area contributed by atoms with E-state index in [9.17, 15) is 9.59 Å². The first kappa shape index (κ1) is 20.3. The molecule has 0 aromatic heterocycles. The van der Waals surface area contributed by atoms with E-state index in [0.29, 0.717) is 13.1 Å². The van der Waals surface area contributed by atoms with Gasteiger partial charge in [-0.2, -0.15) is 0 Å². The summed E-state index contributed by atoms with van der Waals surface area (Å²) >= 11 is 0. The first-order valence-electron chi connectivity index (χ1n) is 9.90. The number of urea groups is 1. The molecule has 0 spiro atoms. The van der Waals surface area contributed by atoms with E-state index in [1.807, 2.05) is 23.6 Å². The Balaban J connectivity index is 1.89. The van der Waals surface area contributed by atoms with Crippen molar-refractivity contribution in [1.29, 1.82) is 0 Å². The zero-order chi connectivity index (χ0) is 19.1. The summed E-state index contributed by atoms with van der Waals surface area (Å²) in [6.45, 7) is 10.9. The van der Waals surface area contributed by atoms with Gasteiger partial charge in [0.15, 0.2) is 0 Å². The third kappa shape index (κ3) is 4.99. The van der Waals surface area contributed by atoms with Gasteiger partial charge in [-0.1, -0.05) is 36.8 Å². The molecule has 1 aromatic carbocycles. The van der Waals surface area contributed by atoms with Crippen molar-refractivity contribution in [3.8, 4) is 0 Å². The molecule has 1 fully saturated rings. The average molecular weight is 360 g/mol. The molecule has 2 rings (SSSR count). The van der Waals surface area contributed by atoms with Gasteiger partial charge in [0, 0.05) is 32.1 Å². The number of hydrogen-bond donors (Lipinski definition) is 1. The summed E-state index contributed by atoms with van der Waals surface area (Å²) in [5.41, 5.74) is 2.38. The topological polar surface area (TPSA) is 52.7 Å². The third-order valence-corrected chi connectivity index (χ3v) is 5.37. The molecule has 5 nitrogen and oxygen atoms in total. The number of benzene rings is 1. The summed E-state index contributed by atoms with van der Waals surface area (Å²) in [6.07, 6.45) is 2.35. The number of aryl methyl sites for hydroxylation is 1. The number of nitrogens with one attached hydrogen (secondary N) is 1. The Morgan fingerprint density at radius 2 is 1.69 bits per heavy atom. The van der Waals surface area contributed by atoms with Gasteiger partial charge in [-0.25, -0.2) is 4.79 Å². The van der Waals surface area contributed by atoms with Crippen LogP contribution in [0.25, 0.3) is 0 Å². The molecule has 3 amide bonds. The van der Waals surface area contributed by atoms with Crippen LogP contribution < -0.4 is 5.32 Å². The minimum Gasteiger partial charge on any atom is -0.349 e. The van der Waals surface area contributed by atoms with E-state index >= 15 is 0 Å². The molecule has 0 saturated carbocycles. The second-order valence-corrected chi connectivity index (χ2v) is 7.10. The largest absolute Gasteiger partial charge is 0.349 e. The van der Waals surface area contributed by atoms with Crippen molar-refractivity contribution in [1.82, 2.24) is 15.1 Å². The van der Waals surface area contributed by atoms with Crippen LogP contribution in [0.3, 0.4) is 0 Å². The maximum atomic E-state index is 12.7. The van der Waals surface area contributed by atoms with E-state index in [4.69, 9.17) is 0 Å². The summed E-state index contributed by atoms with van der Waals surface area (Å²) in [6, 6.07) is 8.51. The van der Waals surface area contributed by atoms with Crippen LogP contribution in [0.15, 0.2) is 24.3 Å². The number of rotatable bonds is 6. The van der Waals surface area contributed by atoms with Crippen molar-refractivity contribution in [2.24, 2.45) is 5.92 Å². The van der Waals surface area contributed by atoms with Crippen molar-refractivity contribution in [2.75, 3.05) is 26.2 Å². The van der Waals surface area contributed by atoms with Gasteiger partial charge in [-0.3, -0.25) is 4.79 Å². The number of piperidine rings is 1. The molecule has 1 atom stereocenters. The smallest absolute Gasteiger partial charge is 0.319 e. The van der Waals surface area contributed by atoms with E-state index in [1.54, 1.807) is 0 Å². The van der Waals surface area contributed by atoms with Gasteiger partial charge in [-0.05, 0) is 45.6 Å². The van der Waals surface area contributed by atoms with Crippen LogP contribution in [-0.2, 0) is 4.79 Å². The van der Waals surface area contributed by atoms with Crippen LogP contribution in [0.1, 0.15) is 57.2 Å². The highest BCUT2D eigenvalue weighted by molar-refractivity contribution is 5.80. The predicted molar refractivity (Wildman–Crippen MR) is 105 cm³/mol. The second kappa shape index (κ2) is 9.60. The Morgan fingerprint density at radius 3 is 2.19 bits per heavy atom. The molecule has 1 unspecified atom stereocenters. The maximum Gasteiger partial charge on any atom is 0.319 e. The fraction of sp³-hybridized carbons (Fsp3) is 0.619. The summed E-state index contributed by atoms with van der Waals surface area (Å²) in [5.74, 6) is 0.114. The van der Waals surface area contributed by atoms with E-state index in [-0.39, 0.29) is 23.9 Å². The number of carbonyl (C=O) groups is 2. The Kier molecular flexibility index (Phi) is 7.49. The SMILES string of the molecule is CCC(NC(=O)C1CCN(C(=O)N(CC)CC)CC1)c1ccc(C)cc1. The molecule has 0 aliphatic carbocycles. The quantitative estimate of drug-likeness (QED) is 0.841. The predicted octanol–water partition coefficient (Wildman–Crippen LogP) is 3.74. The van der Waals surface area contributed by atoms with Gasteiger partial charge >= 0.3 is 6.03 Å². The highest BCUT2D eigenvalue weighted by Crippen LogP contribution is 2.22. The van der Waals surface area contributed by atoms with Gasteiger partial charge in [0.1, 0.15) is 0 Å². The molecule has 5 heteroatoms. The standard InChI is InChI=1S/C21H33N3O2/c1-5-19(17-10-8-16(4)9-11-17)22-20(25)18-12-14-24(15-13-18)21(26)23(6-2)7-3/h8-11,18-19H,5-7,12-15H2,1-4H3,(H,22,25). The van der Waals surface area contributed by atoms with Crippen molar-refractivity contribution in [2.45, 2.75) is 53.0 Å². The lowest BCUT2D eigenvalue weighted by Crippen LogP contribution is -2.48. The molecule has 1 N–H and O–H groups in total. The number of amides is 3. The van der Waals surface area contributed by atoms with Crippen LogP contribution in [0.2, 0.25) is 0 Å².